The van der Waals surface area contributed by atoms with Crippen molar-refractivity contribution in [3.8, 4) is 0 Å². The van der Waals surface area contributed by atoms with E-state index in [-0.39, 0.29) is 5.97 Å². The summed E-state index contributed by atoms with van der Waals surface area (Å²) in [4.78, 5) is 10.9. The SMILES string of the molecule is BC1CC(CC(=O)OCC)C1. The highest BCUT2D eigenvalue weighted by Crippen LogP contribution is 2.38. The molecule has 3 heteroatoms. The molecule has 2 nitrogen and oxygen atoms in total. The van der Waals surface area contributed by atoms with Crippen LogP contribution < -0.4 is 0 Å². The van der Waals surface area contributed by atoms with Gasteiger partial charge in [-0.1, -0.05) is 18.7 Å². The molecular weight excluding hydrogens is 139 g/mol. The Hall–Kier alpha value is -0.465. The molecule has 0 atom stereocenters. The second-order valence-electron chi connectivity index (χ2n) is 3.45. The third kappa shape index (κ3) is 2.56. The van der Waals surface area contributed by atoms with Gasteiger partial charge in [0.15, 0.2) is 0 Å². The van der Waals surface area contributed by atoms with Gasteiger partial charge in [0, 0.05) is 6.42 Å². The van der Waals surface area contributed by atoms with E-state index < -0.39 is 0 Å². The van der Waals surface area contributed by atoms with Crippen LogP contribution in [0.3, 0.4) is 0 Å². The fourth-order valence-corrected chi connectivity index (χ4v) is 1.69. The number of ether oxygens (including phenoxy) is 1. The lowest BCUT2D eigenvalue weighted by Crippen LogP contribution is -2.22. The third-order valence-electron chi connectivity index (χ3n) is 2.23. The van der Waals surface area contributed by atoms with Crippen molar-refractivity contribution in [2.75, 3.05) is 6.61 Å². The number of hydrogen-bond donors (Lipinski definition) is 0. The van der Waals surface area contributed by atoms with Gasteiger partial charge in [-0.2, -0.15) is 0 Å². The Kier molecular flexibility index (Phi) is 2.97. The highest BCUT2D eigenvalue weighted by molar-refractivity contribution is 6.12. The van der Waals surface area contributed by atoms with Gasteiger partial charge in [0.1, 0.15) is 7.85 Å². The maximum absolute atomic E-state index is 10.9. The van der Waals surface area contributed by atoms with Crippen LogP contribution in [0.2, 0.25) is 5.82 Å². The first-order chi connectivity index (χ1) is 5.22. The van der Waals surface area contributed by atoms with Crippen molar-refractivity contribution in [1.82, 2.24) is 0 Å². The largest absolute Gasteiger partial charge is 0.466 e. The molecule has 0 amide bonds. The van der Waals surface area contributed by atoms with Crippen LogP contribution in [-0.2, 0) is 9.53 Å². The van der Waals surface area contributed by atoms with E-state index in [2.05, 4.69) is 7.85 Å². The molecule has 11 heavy (non-hydrogen) atoms. The molecule has 1 rings (SSSR count). The monoisotopic (exact) mass is 154 g/mol. The molecule has 0 spiro atoms. The van der Waals surface area contributed by atoms with E-state index in [9.17, 15) is 4.79 Å². The first kappa shape index (κ1) is 8.63. The Labute approximate surface area is 68.7 Å². The second-order valence-corrected chi connectivity index (χ2v) is 3.45. The van der Waals surface area contributed by atoms with Crippen LogP contribution >= 0.6 is 0 Å². The van der Waals surface area contributed by atoms with E-state index in [4.69, 9.17) is 4.74 Å². The van der Waals surface area contributed by atoms with Gasteiger partial charge in [-0.05, 0) is 12.8 Å². The lowest BCUT2D eigenvalue weighted by Gasteiger charge is -2.31. The molecule has 0 bridgehead atoms. The Bertz CT molecular complexity index is 141. The summed E-state index contributed by atoms with van der Waals surface area (Å²) in [7, 11) is 2.22. The molecule has 0 aliphatic heterocycles. The smallest absolute Gasteiger partial charge is 0.306 e. The fourth-order valence-electron chi connectivity index (χ4n) is 1.69. The van der Waals surface area contributed by atoms with Crippen LogP contribution in [0.1, 0.15) is 26.2 Å². The molecule has 0 aromatic rings. The molecule has 0 aromatic carbocycles. The van der Waals surface area contributed by atoms with Crippen LogP contribution in [0.25, 0.3) is 0 Å². The molecule has 1 aliphatic rings. The van der Waals surface area contributed by atoms with E-state index in [0.29, 0.717) is 18.9 Å². The summed E-state index contributed by atoms with van der Waals surface area (Å²) >= 11 is 0. The van der Waals surface area contributed by atoms with Gasteiger partial charge in [0.05, 0.1) is 6.61 Å². The van der Waals surface area contributed by atoms with Crippen molar-refractivity contribution in [2.24, 2.45) is 5.92 Å². The minimum Gasteiger partial charge on any atom is -0.466 e. The number of esters is 1. The van der Waals surface area contributed by atoms with Crippen LogP contribution in [-0.4, -0.2) is 20.4 Å². The normalized spacial score (nSPS) is 29.2. The fraction of sp³-hybridized carbons (Fsp3) is 0.875. The zero-order chi connectivity index (χ0) is 8.27. The summed E-state index contributed by atoms with van der Waals surface area (Å²) in [5.41, 5.74) is 0. The van der Waals surface area contributed by atoms with Crippen LogP contribution in [0.4, 0.5) is 0 Å². The predicted molar refractivity (Wildman–Crippen MR) is 46.3 cm³/mol. The quantitative estimate of drug-likeness (QED) is 0.443. The number of rotatable bonds is 3. The summed E-state index contributed by atoms with van der Waals surface area (Å²) in [5.74, 6) is 1.42. The summed E-state index contributed by atoms with van der Waals surface area (Å²) in [6, 6.07) is 0. The average molecular weight is 154 g/mol. The Morgan fingerprint density at radius 3 is 2.73 bits per heavy atom. The zero-order valence-electron chi connectivity index (χ0n) is 7.30. The molecule has 1 saturated carbocycles. The molecule has 62 valence electrons. The van der Waals surface area contributed by atoms with E-state index in [0.717, 1.165) is 5.82 Å². The molecule has 0 radical (unpaired) electrons. The van der Waals surface area contributed by atoms with Crippen molar-refractivity contribution < 1.29 is 9.53 Å². The summed E-state index contributed by atoms with van der Waals surface area (Å²) in [5, 5.41) is 0. The first-order valence-corrected chi connectivity index (χ1v) is 4.38. The Morgan fingerprint density at radius 2 is 2.27 bits per heavy atom. The maximum atomic E-state index is 10.9. The van der Waals surface area contributed by atoms with E-state index in [1.54, 1.807) is 0 Å². The minimum absolute atomic E-state index is 0.0237. The second kappa shape index (κ2) is 3.79. The number of hydrogen-bond acceptors (Lipinski definition) is 2. The Balaban J connectivity index is 2.07. The van der Waals surface area contributed by atoms with Gasteiger partial charge in [-0.25, -0.2) is 0 Å². The van der Waals surface area contributed by atoms with E-state index >= 15 is 0 Å². The van der Waals surface area contributed by atoms with Crippen LogP contribution in [0, 0.1) is 5.92 Å². The molecule has 0 saturated heterocycles. The maximum Gasteiger partial charge on any atom is 0.306 e. The van der Waals surface area contributed by atoms with Crippen molar-refractivity contribution in [2.45, 2.75) is 32.0 Å². The predicted octanol–water partition coefficient (Wildman–Crippen LogP) is 0.771. The van der Waals surface area contributed by atoms with Gasteiger partial charge >= 0.3 is 5.97 Å². The molecule has 0 heterocycles. The van der Waals surface area contributed by atoms with E-state index in [1.807, 2.05) is 6.92 Å². The summed E-state index contributed by atoms with van der Waals surface area (Å²) in [6.07, 6.45) is 3.05. The van der Waals surface area contributed by atoms with Gasteiger partial charge in [0.25, 0.3) is 0 Å². The van der Waals surface area contributed by atoms with Crippen molar-refractivity contribution >= 4 is 13.8 Å². The molecule has 1 aliphatic carbocycles. The molecule has 1 fully saturated rings. The van der Waals surface area contributed by atoms with Gasteiger partial charge < -0.3 is 4.74 Å². The van der Waals surface area contributed by atoms with E-state index in [1.165, 1.54) is 12.8 Å². The summed E-state index contributed by atoms with van der Waals surface area (Å²) < 4.78 is 4.84. The first-order valence-electron chi connectivity index (χ1n) is 4.38. The number of carbonyl (C=O) groups is 1. The van der Waals surface area contributed by atoms with Gasteiger partial charge in [-0.3, -0.25) is 4.79 Å². The summed E-state index contributed by atoms with van der Waals surface area (Å²) in [6.45, 7) is 2.36. The highest BCUT2D eigenvalue weighted by Gasteiger charge is 2.27. The lowest BCUT2D eigenvalue weighted by atomic mass is 9.63. The standard InChI is InChI=1S/C8H15BO2/c1-2-11-8(10)5-6-3-7(9)4-6/h6-7H,2-5,9H2,1H3. The molecular formula is C8H15BO2. The molecule has 0 unspecified atom stereocenters. The van der Waals surface area contributed by atoms with Crippen molar-refractivity contribution in [3.63, 3.8) is 0 Å². The molecule has 0 aromatic heterocycles. The average Bonchev–Trinajstić information content (AvgIpc) is 1.85. The lowest BCUT2D eigenvalue weighted by molar-refractivity contribution is -0.144. The van der Waals surface area contributed by atoms with Crippen molar-refractivity contribution in [1.29, 1.82) is 0 Å². The van der Waals surface area contributed by atoms with Gasteiger partial charge in [0.2, 0.25) is 0 Å². The Morgan fingerprint density at radius 1 is 1.64 bits per heavy atom. The zero-order valence-corrected chi connectivity index (χ0v) is 7.30. The highest BCUT2D eigenvalue weighted by atomic mass is 16.5. The minimum atomic E-state index is -0.0237. The number of carbonyl (C=O) groups excluding carboxylic acids is 1. The van der Waals surface area contributed by atoms with Crippen molar-refractivity contribution in [3.05, 3.63) is 0 Å². The van der Waals surface area contributed by atoms with Crippen LogP contribution in [0.15, 0.2) is 0 Å². The molecule has 0 N–H and O–H groups in total. The third-order valence-corrected chi connectivity index (χ3v) is 2.23. The topological polar surface area (TPSA) is 26.3 Å². The van der Waals surface area contributed by atoms with Crippen LogP contribution in [0.5, 0.6) is 0 Å². The van der Waals surface area contributed by atoms with Gasteiger partial charge in [-0.15, -0.1) is 0 Å².